The van der Waals surface area contributed by atoms with Gasteiger partial charge in [0.15, 0.2) is 0 Å². The third-order valence-electron chi connectivity index (χ3n) is 2.84. The Kier molecular flexibility index (Phi) is 4.80. The summed E-state index contributed by atoms with van der Waals surface area (Å²) in [7, 11) is 0. The molecule has 6 heteroatoms. The second-order valence-electron chi connectivity index (χ2n) is 4.67. The van der Waals surface area contributed by atoms with Gasteiger partial charge < -0.3 is 10.6 Å². The molecule has 1 aromatic rings. The second kappa shape index (κ2) is 5.95. The molecule has 1 rings (SSSR count). The molecule has 0 saturated carbocycles. The van der Waals surface area contributed by atoms with Gasteiger partial charge in [0.2, 0.25) is 0 Å². The van der Waals surface area contributed by atoms with Crippen LogP contribution in [-0.2, 0) is 6.18 Å². The van der Waals surface area contributed by atoms with Crippen molar-refractivity contribution in [2.45, 2.75) is 33.0 Å². The van der Waals surface area contributed by atoms with Crippen LogP contribution in [0.2, 0.25) is 0 Å². The fourth-order valence-electron chi connectivity index (χ4n) is 1.37. The predicted octanol–water partition coefficient (Wildman–Crippen LogP) is 3.87. The fraction of sp³-hybridized carbons (Fsp3) is 0.462. The van der Waals surface area contributed by atoms with E-state index in [1.807, 2.05) is 13.8 Å². The van der Waals surface area contributed by atoms with Crippen molar-refractivity contribution in [3.63, 3.8) is 0 Å². The van der Waals surface area contributed by atoms with Crippen LogP contribution in [0.4, 0.5) is 23.7 Å². The van der Waals surface area contributed by atoms with Crippen molar-refractivity contribution < 1.29 is 18.0 Å². The standard InChI is InChI=1S/C13H17F3N2O/c1-8(2)9(3)17-12(19)18-11-7-5-4-6-10(11)13(14,15)16/h4-9H,1-3H3,(H2,17,18,19)/t9-/m1/s1. The van der Waals surface area contributed by atoms with E-state index >= 15 is 0 Å². The number of carbonyl (C=O) groups excluding carboxylic acids is 1. The van der Waals surface area contributed by atoms with E-state index in [9.17, 15) is 18.0 Å². The highest BCUT2D eigenvalue weighted by Gasteiger charge is 2.33. The fourth-order valence-corrected chi connectivity index (χ4v) is 1.37. The van der Waals surface area contributed by atoms with Crippen LogP contribution >= 0.6 is 0 Å². The molecule has 2 N–H and O–H groups in total. The third kappa shape index (κ3) is 4.46. The number of para-hydroxylation sites is 1. The number of urea groups is 1. The molecule has 0 radical (unpaired) electrons. The lowest BCUT2D eigenvalue weighted by molar-refractivity contribution is -0.136. The Bertz CT molecular complexity index is 444. The molecule has 0 bridgehead atoms. The van der Waals surface area contributed by atoms with Gasteiger partial charge in [-0.3, -0.25) is 0 Å². The van der Waals surface area contributed by atoms with Crippen molar-refractivity contribution in [3.8, 4) is 0 Å². The molecule has 1 aromatic carbocycles. The maximum Gasteiger partial charge on any atom is 0.418 e. The molecule has 0 aliphatic rings. The number of carbonyl (C=O) groups is 1. The lowest BCUT2D eigenvalue weighted by atomic mass is 10.1. The first-order chi connectivity index (χ1) is 8.71. The number of rotatable bonds is 3. The number of benzene rings is 1. The van der Waals surface area contributed by atoms with Crippen molar-refractivity contribution >= 4 is 11.7 Å². The van der Waals surface area contributed by atoms with Gasteiger partial charge in [0.25, 0.3) is 0 Å². The molecular formula is C13H17F3N2O. The van der Waals surface area contributed by atoms with Crippen molar-refractivity contribution in [1.82, 2.24) is 5.32 Å². The van der Waals surface area contributed by atoms with Crippen molar-refractivity contribution in [3.05, 3.63) is 29.8 Å². The summed E-state index contributed by atoms with van der Waals surface area (Å²) in [6, 6.07) is 4.11. The summed E-state index contributed by atoms with van der Waals surface area (Å²) in [5, 5.41) is 4.82. The van der Waals surface area contributed by atoms with E-state index in [1.165, 1.54) is 18.2 Å². The van der Waals surface area contributed by atoms with Gasteiger partial charge in [-0.25, -0.2) is 4.79 Å². The van der Waals surface area contributed by atoms with E-state index in [-0.39, 0.29) is 17.6 Å². The van der Waals surface area contributed by atoms with Gasteiger partial charge >= 0.3 is 12.2 Å². The molecule has 1 atom stereocenters. The summed E-state index contributed by atoms with van der Waals surface area (Å²) in [4.78, 5) is 11.6. The molecule has 3 nitrogen and oxygen atoms in total. The smallest absolute Gasteiger partial charge is 0.335 e. The van der Waals surface area contributed by atoms with E-state index in [0.29, 0.717) is 0 Å². The van der Waals surface area contributed by atoms with Gasteiger partial charge in [0.1, 0.15) is 0 Å². The summed E-state index contributed by atoms with van der Waals surface area (Å²) in [5.74, 6) is 0.198. The molecule has 106 valence electrons. The highest BCUT2D eigenvalue weighted by molar-refractivity contribution is 5.90. The number of nitrogens with one attached hydrogen (secondary N) is 2. The molecular weight excluding hydrogens is 257 g/mol. The highest BCUT2D eigenvalue weighted by Crippen LogP contribution is 2.34. The molecule has 0 saturated heterocycles. The number of hydrogen-bond acceptors (Lipinski definition) is 1. The minimum atomic E-state index is -4.49. The zero-order valence-electron chi connectivity index (χ0n) is 11.0. The predicted molar refractivity (Wildman–Crippen MR) is 67.9 cm³/mol. The number of hydrogen-bond donors (Lipinski definition) is 2. The number of anilines is 1. The lowest BCUT2D eigenvalue weighted by Crippen LogP contribution is -2.39. The number of halogens is 3. The minimum Gasteiger partial charge on any atom is -0.335 e. The molecule has 0 aliphatic carbocycles. The molecule has 19 heavy (non-hydrogen) atoms. The monoisotopic (exact) mass is 274 g/mol. The molecule has 0 unspecified atom stereocenters. The zero-order chi connectivity index (χ0) is 14.6. The quantitative estimate of drug-likeness (QED) is 0.863. The van der Waals surface area contributed by atoms with Crippen LogP contribution in [0.1, 0.15) is 26.3 Å². The highest BCUT2D eigenvalue weighted by atomic mass is 19.4. The molecule has 0 fully saturated rings. The Morgan fingerprint density at radius 2 is 1.74 bits per heavy atom. The van der Waals surface area contributed by atoms with Crippen molar-refractivity contribution in [2.75, 3.05) is 5.32 Å². The van der Waals surface area contributed by atoms with E-state index in [0.717, 1.165) is 6.07 Å². The van der Waals surface area contributed by atoms with Crippen LogP contribution in [-0.4, -0.2) is 12.1 Å². The maximum atomic E-state index is 12.7. The number of alkyl halides is 3. The summed E-state index contributed by atoms with van der Waals surface area (Å²) in [6.45, 7) is 5.61. The van der Waals surface area contributed by atoms with Crippen molar-refractivity contribution in [2.24, 2.45) is 5.92 Å². The topological polar surface area (TPSA) is 41.1 Å². The largest absolute Gasteiger partial charge is 0.418 e. The SMILES string of the molecule is CC(C)[C@@H](C)NC(=O)Nc1ccccc1C(F)(F)F. The molecule has 0 spiro atoms. The van der Waals surface area contributed by atoms with E-state index < -0.39 is 17.8 Å². The van der Waals surface area contributed by atoms with Crippen molar-refractivity contribution in [1.29, 1.82) is 0 Å². The Morgan fingerprint density at radius 1 is 1.16 bits per heavy atom. The van der Waals surface area contributed by atoms with E-state index in [4.69, 9.17) is 0 Å². The van der Waals surface area contributed by atoms with Crippen LogP contribution in [0.5, 0.6) is 0 Å². The van der Waals surface area contributed by atoms with Crippen LogP contribution in [0.3, 0.4) is 0 Å². The van der Waals surface area contributed by atoms with Crippen LogP contribution in [0, 0.1) is 5.92 Å². The Morgan fingerprint density at radius 3 is 2.26 bits per heavy atom. The second-order valence-corrected chi connectivity index (χ2v) is 4.67. The van der Waals surface area contributed by atoms with E-state index in [2.05, 4.69) is 10.6 Å². The Balaban J connectivity index is 2.80. The number of amides is 2. The maximum absolute atomic E-state index is 12.7. The third-order valence-corrected chi connectivity index (χ3v) is 2.84. The van der Waals surface area contributed by atoms with Gasteiger partial charge in [-0.2, -0.15) is 13.2 Å². The van der Waals surface area contributed by atoms with Gasteiger partial charge in [-0.1, -0.05) is 26.0 Å². The Labute approximate surface area is 110 Å². The molecule has 0 heterocycles. The summed E-state index contributed by atoms with van der Waals surface area (Å²) < 4.78 is 38.2. The molecule has 2 amide bonds. The first-order valence-corrected chi connectivity index (χ1v) is 5.95. The van der Waals surface area contributed by atoms with Gasteiger partial charge in [0, 0.05) is 6.04 Å². The van der Waals surface area contributed by atoms with Gasteiger partial charge in [0.05, 0.1) is 11.3 Å². The van der Waals surface area contributed by atoms with Crippen LogP contribution in [0.15, 0.2) is 24.3 Å². The first-order valence-electron chi connectivity index (χ1n) is 5.95. The average Bonchev–Trinajstić information content (AvgIpc) is 2.27. The first kappa shape index (κ1) is 15.3. The van der Waals surface area contributed by atoms with E-state index in [1.54, 1.807) is 6.92 Å². The average molecular weight is 274 g/mol. The Hall–Kier alpha value is -1.72. The molecule has 0 aromatic heterocycles. The normalized spacial score (nSPS) is 13.2. The summed E-state index contributed by atoms with van der Waals surface area (Å²) in [6.07, 6.45) is -4.49. The van der Waals surface area contributed by atoms with Crippen LogP contribution < -0.4 is 10.6 Å². The summed E-state index contributed by atoms with van der Waals surface area (Å²) in [5.41, 5.74) is -1.11. The van der Waals surface area contributed by atoms with Crippen LogP contribution in [0.25, 0.3) is 0 Å². The minimum absolute atomic E-state index is 0.127. The molecule has 0 aliphatic heterocycles. The summed E-state index contributed by atoms with van der Waals surface area (Å²) >= 11 is 0. The van der Waals surface area contributed by atoms with Gasteiger partial charge in [-0.05, 0) is 25.0 Å². The zero-order valence-corrected chi connectivity index (χ0v) is 11.0. The lowest BCUT2D eigenvalue weighted by Gasteiger charge is -2.19. The van der Waals surface area contributed by atoms with Gasteiger partial charge in [-0.15, -0.1) is 0 Å².